The average molecular weight is 255 g/mol. The minimum atomic E-state index is -1.08. The number of carbonyl (C=O) groups is 1. The van der Waals surface area contributed by atoms with Gasteiger partial charge >= 0.3 is 5.97 Å². The predicted molar refractivity (Wildman–Crippen MR) is 64.3 cm³/mol. The second-order valence-electron chi connectivity index (χ2n) is 4.62. The van der Waals surface area contributed by atoms with Crippen LogP contribution in [0.25, 0.3) is 0 Å². The Kier molecular flexibility index (Phi) is 7.37. The van der Waals surface area contributed by atoms with Gasteiger partial charge in [0.2, 0.25) is 4.84 Å². The predicted octanol–water partition coefficient (Wildman–Crippen LogP) is 3.79. The van der Waals surface area contributed by atoms with Gasteiger partial charge in [-0.15, -0.1) is 0 Å². The van der Waals surface area contributed by atoms with Crippen molar-refractivity contribution in [2.75, 3.05) is 0 Å². The first-order valence-electron chi connectivity index (χ1n) is 5.31. The van der Waals surface area contributed by atoms with Crippen molar-refractivity contribution in [3.63, 3.8) is 0 Å². The van der Waals surface area contributed by atoms with E-state index in [2.05, 4.69) is 27.7 Å². The van der Waals surface area contributed by atoms with Gasteiger partial charge in [-0.25, -0.2) is 4.79 Å². The van der Waals surface area contributed by atoms with E-state index >= 15 is 0 Å². The van der Waals surface area contributed by atoms with Crippen LogP contribution in [-0.2, 0) is 9.53 Å². The fourth-order valence-electron chi connectivity index (χ4n) is 1.46. The second-order valence-corrected chi connectivity index (χ2v) is 5.71. The minimum absolute atomic E-state index is 0.0718. The zero-order chi connectivity index (χ0) is 12.0. The van der Waals surface area contributed by atoms with E-state index in [1.807, 2.05) is 0 Å². The van der Waals surface area contributed by atoms with E-state index in [9.17, 15) is 4.79 Å². The van der Waals surface area contributed by atoms with Crippen LogP contribution in [0.3, 0.4) is 0 Å². The van der Waals surface area contributed by atoms with Crippen LogP contribution < -0.4 is 0 Å². The number of rotatable bonds is 6. The standard InChI is InChI=1S/C11H20Cl2O2/c1-7(2)5-9(6-8(3)4)15-11(14)10(12)13/h7-10H,5-6H2,1-4H3. The first kappa shape index (κ1) is 15.0. The molecule has 0 saturated heterocycles. The number of hydrogen-bond donors (Lipinski definition) is 0. The zero-order valence-corrected chi connectivity index (χ0v) is 11.3. The normalized spacial score (nSPS) is 11.9. The summed E-state index contributed by atoms with van der Waals surface area (Å²) in [7, 11) is 0. The van der Waals surface area contributed by atoms with E-state index in [0.29, 0.717) is 11.8 Å². The molecule has 0 aliphatic heterocycles. The molecule has 0 amide bonds. The van der Waals surface area contributed by atoms with Crippen molar-refractivity contribution in [1.29, 1.82) is 0 Å². The van der Waals surface area contributed by atoms with E-state index < -0.39 is 10.8 Å². The monoisotopic (exact) mass is 254 g/mol. The molecule has 0 fully saturated rings. The van der Waals surface area contributed by atoms with E-state index in [1.165, 1.54) is 0 Å². The Morgan fingerprint density at radius 3 is 1.73 bits per heavy atom. The van der Waals surface area contributed by atoms with Crippen molar-refractivity contribution in [3.8, 4) is 0 Å². The van der Waals surface area contributed by atoms with Gasteiger partial charge in [-0.1, -0.05) is 50.9 Å². The highest BCUT2D eigenvalue weighted by molar-refractivity contribution is 6.52. The third-order valence-electron chi connectivity index (χ3n) is 1.93. The molecule has 0 atom stereocenters. The quantitative estimate of drug-likeness (QED) is 0.533. The van der Waals surface area contributed by atoms with Crippen molar-refractivity contribution in [2.24, 2.45) is 11.8 Å². The summed E-state index contributed by atoms with van der Waals surface area (Å²) in [5.74, 6) is 0.445. The third kappa shape index (κ3) is 7.92. The summed E-state index contributed by atoms with van der Waals surface area (Å²) in [4.78, 5) is 10.2. The van der Waals surface area contributed by atoms with Crippen LogP contribution in [0.15, 0.2) is 0 Å². The maximum absolute atomic E-state index is 11.2. The average Bonchev–Trinajstić information content (AvgIpc) is 2.00. The van der Waals surface area contributed by atoms with Crippen LogP contribution in [0.1, 0.15) is 40.5 Å². The molecule has 0 bridgehead atoms. The number of ether oxygens (including phenoxy) is 1. The largest absolute Gasteiger partial charge is 0.460 e. The minimum Gasteiger partial charge on any atom is -0.460 e. The van der Waals surface area contributed by atoms with Gasteiger partial charge in [0.15, 0.2) is 0 Å². The lowest BCUT2D eigenvalue weighted by Gasteiger charge is -2.21. The van der Waals surface area contributed by atoms with Crippen molar-refractivity contribution in [2.45, 2.75) is 51.5 Å². The molecular formula is C11H20Cl2O2. The maximum Gasteiger partial charge on any atom is 0.339 e. The summed E-state index contributed by atoms with van der Waals surface area (Å²) >= 11 is 10.9. The highest BCUT2D eigenvalue weighted by atomic mass is 35.5. The zero-order valence-electron chi connectivity index (χ0n) is 9.80. The topological polar surface area (TPSA) is 26.3 Å². The summed E-state index contributed by atoms with van der Waals surface area (Å²) in [5, 5.41) is 0. The molecule has 0 aromatic carbocycles. The van der Waals surface area contributed by atoms with Crippen molar-refractivity contribution < 1.29 is 9.53 Å². The molecule has 0 spiro atoms. The molecule has 0 aliphatic carbocycles. The fourth-order valence-corrected chi connectivity index (χ4v) is 1.56. The summed E-state index contributed by atoms with van der Waals surface area (Å²) in [5.41, 5.74) is 0. The molecule has 2 nitrogen and oxygen atoms in total. The van der Waals surface area contributed by atoms with Gasteiger partial charge in [0.05, 0.1) is 0 Å². The molecule has 0 rings (SSSR count). The van der Waals surface area contributed by atoms with E-state index in [1.54, 1.807) is 0 Å². The highest BCUT2D eigenvalue weighted by Crippen LogP contribution is 2.18. The molecule has 90 valence electrons. The van der Waals surface area contributed by atoms with Crippen molar-refractivity contribution in [3.05, 3.63) is 0 Å². The summed E-state index contributed by atoms with van der Waals surface area (Å²) in [6, 6.07) is 0. The van der Waals surface area contributed by atoms with Gasteiger partial charge < -0.3 is 4.74 Å². The van der Waals surface area contributed by atoms with E-state index in [-0.39, 0.29) is 6.10 Å². The second kappa shape index (κ2) is 7.34. The molecule has 4 heteroatoms. The molecule has 0 aromatic rings. The molecule has 0 aromatic heterocycles. The Balaban J connectivity index is 4.17. The van der Waals surface area contributed by atoms with Gasteiger partial charge in [-0.05, 0) is 24.7 Å². The van der Waals surface area contributed by atoms with Crippen LogP contribution in [0.2, 0.25) is 0 Å². The van der Waals surface area contributed by atoms with Crippen LogP contribution >= 0.6 is 23.2 Å². The summed E-state index contributed by atoms with van der Waals surface area (Å²) < 4.78 is 5.23. The number of hydrogen-bond acceptors (Lipinski definition) is 2. The summed E-state index contributed by atoms with van der Waals surface area (Å²) in [6.07, 6.45) is 1.63. The summed E-state index contributed by atoms with van der Waals surface area (Å²) in [6.45, 7) is 8.39. The number of carbonyl (C=O) groups excluding carboxylic acids is 1. The molecule has 0 radical (unpaired) electrons. The van der Waals surface area contributed by atoms with Gasteiger partial charge in [0, 0.05) is 0 Å². The first-order chi connectivity index (χ1) is 6.82. The van der Waals surface area contributed by atoms with Gasteiger partial charge in [-0.3, -0.25) is 0 Å². The molecule has 0 heterocycles. The molecular weight excluding hydrogens is 235 g/mol. The first-order valence-corrected chi connectivity index (χ1v) is 6.18. The van der Waals surface area contributed by atoms with E-state index in [4.69, 9.17) is 27.9 Å². The lowest BCUT2D eigenvalue weighted by atomic mass is 9.98. The number of esters is 1. The molecule has 0 unspecified atom stereocenters. The van der Waals surface area contributed by atoms with Crippen LogP contribution in [0.4, 0.5) is 0 Å². The Morgan fingerprint density at radius 1 is 1.07 bits per heavy atom. The number of halogens is 2. The van der Waals surface area contributed by atoms with E-state index in [0.717, 1.165) is 12.8 Å². The fraction of sp³-hybridized carbons (Fsp3) is 0.909. The molecule has 0 N–H and O–H groups in total. The Bertz CT molecular complexity index is 181. The lowest BCUT2D eigenvalue weighted by Crippen LogP contribution is -2.25. The smallest absolute Gasteiger partial charge is 0.339 e. The Hall–Kier alpha value is 0.0500. The van der Waals surface area contributed by atoms with Crippen molar-refractivity contribution >= 4 is 29.2 Å². The van der Waals surface area contributed by atoms with Crippen molar-refractivity contribution in [1.82, 2.24) is 0 Å². The SMILES string of the molecule is CC(C)CC(CC(C)C)OC(=O)C(Cl)Cl. The Morgan fingerprint density at radius 2 is 1.47 bits per heavy atom. The molecule has 15 heavy (non-hydrogen) atoms. The third-order valence-corrected chi connectivity index (χ3v) is 2.29. The highest BCUT2D eigenvalue weighted by Gasteiger charge is 2.21. The molecule has 0 aliphatic rings. The van der Waals surface area contributed by atoms with Crippen LogP contribution in [-0.4, -0.2) is 16.9 Å². The maximum atomic E-state index is 11.2. The van der Waals surface area contributed by atoms with Crippen LogP contribution in [0.5, 0.6) is 0 Å². The lowest BCUT2D eigenvalue weighted by molar-refractivity contribution is -0.148. The van der Waals surface area contributed by atoms with Gasteiger partial charge in [-0.2, -0.15) is 0 Å². The molecule has 0 saturated carbocycles. The number of alkyl halides is 2. The van der Waals surface area contributed by atoms with Crippen LogP contribution in [0, 0.1) is 11.8 Å². The van der Waals surface area contributed by atoms with Gasteiger partial charge in [0.25, 0.3) is 0 Å². The Labute approximate surface area is 102 Å². The van der Waals surface area contributed by atoms with Gasteiger partial charge in [0.1, 0.15) is 6.10 Å².